The average molecular weight is 348 g/mol. The maximum Gasteiger partial charge on any atom is 0.416 e. The molecule has 0 spiro atoms. The van der Waals surface area contributed by atoms with Crippen LogP contribution in [0.15, 0.2) is 42.7 Å². The first-order valence-corrected chi connectivity index (χ1v) is 7.55. The van der Waals surface area contributed by atoms with Crippen molar-refractivity contribution in [3.63, 3.8) is 0 Å². The Balaban J connectivity index is 1.92. The normalized spacial score (nSPS) is 13.0. The molecule has 3 aromatic rings. The highest BCUT2D eigenvalue weighted by Crippen LogP contribution is 2.34. The maximum absolute atomic E-state index is 13.2. The van der Waals surface area contributed by atoms with Gasteiger partial charge in [-0.2, -0.15) is 13.2 Å². The summed E-state index contributed by atoms with van der Waals surface area (Å²) >= 11 is 0. The van der Waals surface area contributed by atoms with Gasteiger partial charge in [0.25, 0.3) is 5.91 Å². The molecule has 0 bridgehead atoms. The summed E-state index contributed by atoms with van der Waals surface area (Å²) in [4.78, 5) is 20.8. The molecule has 2 aromatic heterocycles. The van der Waals surface area contributed by atoms with E-state index >= 15 is 0 Å². The second-order valence-electron chi connectivity index (χ2n) is 5.62. The van der Waals surface area contributed by atoms with Crippen LogP contribution < -0.4 is 5.32 Å². The number of amides is 1. The third-order valence-electron chi connectivity index (χ3n) is 3.87. The molecular formula is C17H15F3N4O. The van der Waals surface area contributed by atoms with Gasteiger partial charge in [-0.1, -0.05) is 18.2 Å². The number of aromatic nitrogens is 3. The second kappa shape index (κ2) is 6.19. The van der Waals surface area contributed by atoms with Gasteiger partial charge in [0.15, 0.2) is 0 Å². The van der Waals surface area contributed by atoms with Crippen molar-refractivity contribution < 1.29 is 18.0 Å². The summed E-state index contributed by atoms with van der Waals surface area (Å²) in [5.41, 5.74) is -0.0563. The zero-order valence-corrected chi connectivity index (χ0v) is 13.5. The van der Waals surface area contributed by atoms with Gasteiger partial charge >= 0.3 is 6.18 Å². The van der Waals surface area contributed by atoms with Crippen molar-refractivity contribution in [3.8, 4) is 0 Å². The van der Waals surface area contributed by atoms with Crippen LogP contribution in [0.4, 0.5) is 13.2 Å². The Bertz CT molecular complexity index is 933. The van der Waals surface area contributed by atoms with Crippen molar-refractivity contribution in [3.05, 3.63) is 65.2 Å². The number of imidazole rings is 1. The van der Waals surface area contributed by atoms with Crippen LogP contribution in [0.25, 0.3) is 5.78 Å². The lowest BCUT2D eigenvalue weighted by Gasteiger charge is -2.19. The lowest BCUT2D eigenvalue weighted by Crippen LogP contribution is -2.29. The van der Waals surface area contributed by atoms with Crippen molar-refractivity contribution in [1.82, 2.24) is 19.7 Å². The maximum atomic E-state index is 13.2. The molecule has 1 amide bonds. The average Bonchev–Trinajstić information content (AvgIpc) is 2.89. The number of rotatable bonds is 3. The molecule has 0 saturated carbocycles. The van der Waals surface area contributed by atoms with Crippen LogP contribution >= 0.6 is 0 Å². The summed E-state index contributed by atoms with van der Waals surface area (Å²) in [6.45, 7) is 3.16. The fourth-order valence-corrected chi connectivity index (χ4v) is 2.75. The summed E-state index contributed by atoms with van der Waals surface area (Å²) in [6.07, 6.45) is -1.31. The number of alkyl halides is 3. The number of nitrogens with one attached hydrogen (secondary N) is 1. The Labute approximate surface area is 141 Å². The van der Waals surface area contributed by atoms with Crippen molar-refractivity contribution in [2.45, 2.75) is 26.1 Å². The summed E-state index contributed by atoms with van der Waals surface area (Å²) < 4.78 is 41.0. The molecule has 1 aromatic carbocycles. The van der Waals surface area contributed by atoms with E-state index in [1.165, 1.54) is 29.5 Å². The smallest absolute Gasteiger partial charge is 0.344 e. The minimum atomic E-state index is -4.49. The van der Waals surface area contributed by atoms with Crippen molar-refractivity contribution >= 4 is 11.7 Å². The van der Waals surface area contributed by atoms with Gasteiger partial charge in [-0.25, -0.2) is 9.97 Å². The number of nitrogens with zero attached hydrogens (tertiary/aromatic N) is 3. The van der Waals surface area contributed by atoms with Crippen LogP contribution in [0.5, 0.6) is 0 Å². The number of aryl methyl sites for hydroxylation is 1. The van der Waals surface area contributed by atoms with Gasteiger partial charge in [0, 0.05) is 12.4 Å². The Morgan fingerprint density at radius 1 is 1.24 bits per heavy atom. The first kappa shape index (κ1) is 16.9. The molecule has 3 rings (SSSR count). The summed E-state index contributed by atoms with van der Waals surface area (Å²) in [6, 6.07) is 6.01. The minimum absolute atomic E-state index is 0.00736. The van der Waals surface area contributed by atoms with E-state index in [0.717, 1.165) is 6.07 Å². The molecule has 0 aliphatic heterocycles. The molecule has 8 heteroatoms. The minimum Gasteiger partial charge on any atom is -0.344 e. The van der Waals surface area contributed by atoms with Gasteiger partial charge in [0.2, 0.25) is 5.78 Å². The highest BCUT2D eigenvalue weighted by Gasteiger charge is 2.34. The number of carbonyl (C=O) groups excluding carboxylic acids is 1. The van der Waals surface area contributed by atoms with E-state index in [2.05, 4.69) is 15.3 Å². The van der Waals surface area contributed by atoms with E-state index in [0.29, 0.717) is 11.5 Å². The number of carbonyl (C=O) groups is 1. The van der Waals surface area contributed by atoms with E-state index < -0.39 is 23.7 Å². The van der Waals surface area contributed by atoms with E-state index in [1.54, 1.807) is 25.4 Å². The van der Waals surface area contributed by atoms with Crippen molar-refractivity contribution in [1.29, 1.82) is 0 Å². The summed E-state index contributed by atoms with van der Waals surface area (Å²) in [7, 11) is 0. The third kappa shape index (κ3) is 3.19. The number of benzene rings is 1. The topological polar surface area (TPSA) is 59.3 Å². The van der Waals surface area contributed by atoms with E-state index in [9.17, 15) is 18.0 Å². The molecule has 2 heterocycles. The monoisotopic (exact) mass is 348 g/mol. The molecule has 0 aliphatic carbocycles. The number of hydrogen-bond acceptors (Lipinski definition) is 3. The van der Waals surface area contributed by atoms with Crippen molar-refractivity contribution in [2.24, 2.45) is 0 Å². The molecule has 0 saturated heterocycles. The van der Waals surface area contributed by atoms with E-state index in [-0.39, 0.29) is 11.3 Å². The predicted octanol–water partition coefficient (Wildman–Crippen LogP) is 3.55. The highest BCUT2D eigenvalue weighted by atomic mass is 19.4. The largest absolute Gasteiger partial charge is 0.416 e. The van der Waals surface area contributed by atoms with Gasteiger partial charge in [-0.15, -0.1) is 0 Å². The molecule has 0 fully saturated rings. The van der Waals surface area contributed by atoms with Crippen LogP contribution in [0.1, 0.15) is 40.3 Å². The first-order valence-electron chi connectivity index (χ1n) is 7.55. The molecule has 130 valence electrons. The lowest BCUT2D eigenvalue weighted by atomic mass is 10.0. The Kier molecular flexibility index (Phi) is 4.20. The molecule has 1 atom stereocenters. The van der Waals surface area contributed by atoms with Crippen molar-refractivity contribution in [2.75, 3.05) is 0 Å². The van der Waals surface area contributed by atoms with Gasteiger partial charge in [0.05, 0.1) is 17.3 Å². The highest BCUT2D eigenvalue weighted by molar-refractivity contribution is 5.94. The summed E-state index contributed by atoms with van der Waals surface area (Å²) in [5, 5.41) is 2.62. The quantitative estimate of drug-likeness (QED) is 0.787. The van der Waals surface area contributed by atoms with Gasteiger partial charge in [-0.3, -0.25) is 9.20 Å². The standard InChI is InChI=1S/C17H15F3N4O/c1-10(12-6-3-4-7-13(12)17(18,19)20)22-15(25)14-11(2)23-16-21-8-5-9-24(14)16/h3-10H,1-2H3,(H,22,25)/t10-/m0/s1. The molecule has 0 unspecified atom stereocenters. The Hall–Kier alpha value is -2.90. The Morgan fingerprint density at radius 3 is 2.68 bits per heavy atom. The van der Waals surface area contributed by atoms with Crippen LogP contribution in [0.3, 0.4) is 0 Å². The SMILES string of the molecule is Cc1nc2ncccn2c1C(=O)N[C@@H](C)c1ccccc1C(F)(F)F. The molecule has 1 N–H and O–H groups in total. The molecule has 0 aliphatic rings. The fraction of sp³-hybridized carbons (Fsp3) is 0.235. The zero-order chi connectivity index (χ0) is 18.2. The molecule has 0 radical (unpaired) electrons. The van der Waals surface area contributed by atoms with Crippen LogP contribution in [0.2, 0.25) is 0 Å². The van der Waals surface area contributed by atoms with E-state index in [1.807, 2.05) is 0 Å². The van der Waals surface area contributed by atoms with E-state index in [4.69, 9.17) is 0 Å². The zero-order valence-electron chi connectivity index (χ0n) is 13.5. The number of fused-ring (bicyclic) bond motifs is 1. The van der Waals surface area contributed by atoms with Gasteiger partial charge in [0.1, 0.15) is 5.69 Å². The summed E-state index contributed by atoms with van der Waals surface area (Å²) in [5.74, 6) is -0.157. The number of hydrogen-bond donors (Lipinski definition) is 1. The lowest BCUT2D eigenvalue weighted by molar-refractivity contribution is -0.138. The van der Waals surface area contributed by atoms with Crippen LogP contribution in [-0.4, -0.2) is 20.3 Å². The van der Waals surface area contributed by atoms with Crippen LogP contribution in [0, 0.1) is 6.92 Å². The molecule has 5 nitrogen and oxygen atoms in total. The Morgan fingerprint density at radius 2 is 1.96 bits per heavy atom. The fourth-order valence-electron chi connectivity index (χ4n) is 2.75. The van der Waals surface area contributed by atoms with Gasteiger partial charge < -0.3 is 5.32 Å². The second-order valence-corrected chi connectivity index (χ2v) is 5.62. The van der Waals surface area contributed by atoms with Crippen LogP contribution in [-0.2, 0) is 6.18 Å². The predicted molar refractivity (Wildman–Crippen MR) is 85.0 cm³/mol. The molecular weight excluding hydrogens is 333 g/mol. The van der Waals surface area contributed by atoms with Gasteiger partial charge in [-0.05, 0) is 31.5 Å². The third-order valence-corrected chi connectivity index (χ3v) is 3.87. The number of halogens is 3. The molecule has 25 heavy (non-hydrogen) atoms. The first-order chi connectivity index (χ1) is 11.8.